The Bertz CT molecular complexity index is 1630. The van der Waals surface area contributed by atoms with Crippen LogP contribution in [0.3, 0.4) is 0 Å². The predicted molar refractivity (Wildman–Crippen MR) is 111 cm³/mol. The van der Waals surface area contributed by atoms with Crippen molar-refractivity contribution >= 4 is 29.0 Å². The minimum absolute atomic E-state index is 0.387. The van der Waals surface area contributed by atoms with Gasteiger partial charge < -0.3 is 18.5 Å². The summed E-state index contributed by atoms with van der Waals surface area (Å²) in [7, 11) is 0.774. The fourth-order valence-electron chi connectivity index (χ4n) is 4.15. The molecule has 0 bridgehead atoms. The van der Waals surface area contributed by atoms with Gasteiger partial charge in [0.2, 0.25) is 11.4 Å². The molecule has 0 aliphatic carbocycles. The molecule has 0 radical (unpaired) electrons. The van der Waals surface area contributed by atoms with Crippen LogP contribution in [-0.2, 0) is 18.5 Å². The highest BCUT2D eigenvalue weighted by molar-refractivity contribution is 6.91. The molecule has 43 heavy (non-hydrogen) atoms. The van der Waals surface area contributed by atoms with Crippen molar-refractivity contribution < 1.29 is 84.3 Å². The summed E-state index contributed by atoms with van der Waals surface area (Å²) in [6, 6.07) is 0. The van der Waals surface area contributed by atoms with Gasteiger partial charge in [0.25, 0.3) is 5.95 Å². The molecule has 1 heterocycles. The van der Waals surface area contributed by atoms with Crippen LogP contribution in [-0.4, -0.2) is 26.7 Å². The van der Waals surface area contributed by atoms with Crippen molar-refractivity contribution in [3.05, 3.63) is 98.8 Å². The lowest BCUT2D eigenvalue weighted by molar-refractivity contribution is -0.338. The highest BCUT2D eigenvalue weighted by atomic mass is 19.2. The molecule has 0 amide bonds. The minimum atomic E-state index is -5.63. The van der Waals surface area contributed by atoms with E-state index in [0.29, 0.717) is 14.2 Å². The molecule has 0 N–H and O–H groups in total. The van der Waals surface area contributed by atoms with Crippen LogP contribution in [0.4, 0.5) is 65.9 Å². The number of carbonyl (C=O) groups excluding carboxylic acids is 1. The largest absolute Gasteiger partial charge is 0.624 e. The fourth-order valence-corrected chi connectivity index (χ4v) is 4.15. The average molecular weight is 642 g/mol. The Morgan fingerprint density at radius 3 is 1.05 bits per heavy atom. The number of benzene rings is 3. The molecule has 4 nitrogen and oxygen atoms in total. The maximum atomic E-state index is 15.1. The van der Waals surface area contributed by atoms with Crippen molar-refractivity contribution in [3.8, 4) is 0 Å². The Hall–Kier alpha value is -4.52. The Kier molecular flexibility index (Phi) is 7.77. The molecule has 4 rings (SSSR count). The smallest absolute Gasteiger partial charge is 0.548 e. The second kappa shape index (κ2) is 10.6. The van der Waals surface area contributed by atoms with Crippen molar-refractivity contribution in [2.75, 3.05) is 14.2 Å². The normalized spacial score (nSPS) is 14.6. The van der Waals surface area contributed by atoms with Crippen molar-refractivity contribution in [1.29, 1.82) is 0 Å². The molecule has 0 atom stereocenters. The quantitative estimate of drug-likeness (QED) is 0.0996. The molecular weight excluding hydrogens is 636 g/mol. The first-order chi connectivity index (χ1) is 20.0. The zero-order valence-electron chi connectivity index (χ0n) is 20.4. The van der Waals surface area contributed by atoms with Gasteiger partial charge in [0.05, 0.1) is 12.7 Å². The van der Waals surface area contributed by atoms with E-state index in [1.807, 2.05) is 0 Å². The predicted octanol–water partition coefficient (Wildman–Crippen LogP) is 5.08. The van der Waals surface area contributed by atoms with Gasteiger partial charge in [-0.05, 0) is 10.9 Å². The molecule has 3 aromatic rings. The molecule has 0 unspecified atom stereocenters. The summed E-state index contributed by atoms with van der Waals surface area (Å²) in [5.41, 5.74) is -8.97. The number of hydrogen-bond acceptors (Lipinski definition) is 3. The van der Waals surface area contributed by atoms with Crippen molar-refractivity contribution in [2.24, 2.45) is 0 Å². The van der Waals surface area contributed by atoms with E-state index in [4.69, 9.17) is 9.00 Å². The summed E-state index contributed by atoms with van der Waals surface area (Å²) in [6.07, 6.45) is 0. The van der Waals surface area contributed by atoms with Crippen LogP contribution in [0, 0.1) is 87.3 Å². The number of methoxy groups -OCH3 is 2. The molecule has 20 heteroatoms. The van der Waals surface area contributed by atoms with Gasteiger partial charge in [-0.15, -0.1) is 0 Å². The second-order valence-corrected chi connectivity index (χ2v) is 8.22. The Morgan fingerprint density at radius 1 is 0.442 bits per heavy atom. The van der Waals surface area contributed by atoms with Crippen molar-refractivity contribution in [3.63, 3.8) is 0 Å². The molecule has 1 aliphatic heterocycles. The number of ether oxygens (including phenoxy) is 2. The minimum Gasteiger partial charge on any atom is -0.624 e. The zero-order valence-corrected chi connectivity index (χ0v) is 20.4. The van der Waals surface area contributed by atoms with Crippen LogP contribution in [0.1, 0.15) is 5.56 Å². The van der Waals surface area contributed by atoms with Gasteiger partial charge in [0, 0.05) is 0 Å². The van der Waals surface area contributed by atoms with Crippen LogP contribution in [0.2, 0.25) is 0 Å². The lowest BCUT2D eigenvalue weighted by atomic mass is 9.45. The number of esters is 1. The summed E-state index contributed by atoms with van der Waals surface area (Å²) >= 11 is 0. The van der Waals surface area contributed by atoms with Crippen LogP contribution in [0.25, 0.3) is 5.57 Å². The molecule has 230 valence electrons. The number of hydrogen-bond donors (Lipinski definition) is 0. The molecule has 0 saturated heterocycles. The summed E-state index contributed by atoms with van der Waals surface area (Å²) in [5.74, 6) is -46.8. The maximum absolute atomic E-state index is 15.1. The summed E-state index contributed by atoms with van der Waals surface area (Å²) in [5, 5.41) is 0. The SMILES string of the molecule is COC1=[O+][B-](c2c(F)c(F)c(F)c(F)c2F)(c2c(F)c(F)c(F)c(F)c2F)OC(OC)=C1c1c(F)c(F)c(F)c(F)c1F. The standard InChI is InChI=1S/C23H6BF15O4/c1-40-22-4(3-7(25)13(31)19(37)14(32)8(3)26)23(41-2)43-24(42-22,5-9(27)15(33)20(38)16(34)10(5)28)6-11(29)17(35)21(39)18(36)12(6)30/h1-2H3. The lowest BCUT2D eigenvalue weighted by Crippen LogP contribution is -2.68. The third-order valence-corrected chi connectivity index (χ3v) is 6.03. The third-order valence-electron chi connectivity index (χ3n) is 6.03. The number of halogens is 15. The van der Waals surface area contributed by atoms with Gasteiger partial charge in [-0.2, -0.15) is 0 Å². The van der Waals surface area contributed by atoms with Crippen LogP contribution >= 0.6 is 0 Å². The monoisotopic (exact) mass is 642 g/mol. The molecule has 0 fully saturated rings. The maximum Gasteiger partial charge on any atom is 0.548 e. The Morgan fingerprint density at radius 2 is 0.744 bits per heavy atom. The van der Waals surface area contributed by atoms with E-state index in [1.54, 1.807) is 0 Å². The van der Waals surface area contributed by atoms with Crippen molar-refractivity contribution in [1.82, 2.24) is 0 Å². The van der Waals surface area contributed by atoms with E-state index in [1.165, 1.54) is 0 Å². The first kappa shape index (κ1) is 31.4. The van der Waals surface area contributed by atoms with Gasteiger partial charge in [-0.1, -0.05) is 0 Å². The summed E-state index contributed by atoms with van der Waals surface area (Å²) in [6.45, 7) is -5.63. The fraction of sp³-hybridized carbons (Fsp3) is 0.0870. The van der Waals surface area contributed by atoms with E-state index in [0.717, 1.165) is 0 Å². The van der Waals surface area contributed by atoms with E-state index in [2.05, 4.69) is 9.47 Å². The lowest BCUT2D eigenvalue weighted by Gasteiger charge is -2.38. The van der Waals surface area contributed by atoms with Gasteiger partial charge >= 0.3 is 12.5 Å². The molecule has 3 aromatic carbocycles. The highest BCUT2D eigenvalue weighted by Crippen LogP contribution is 2.36. The van der Waals surface area contributed by atoms with Crippen molar-refractivity contribution in [2.45, 2.75) is 0 Å². The number of rotatable bonds is 4. The van der Waals surface area contributed by atoms with Gasteiger partial charge in [0.1, 0.15) is 23.3 Å². The van der Waals surface area contributed by atoms with Gasteiger partial charge in [-0.25, -0.2) is 65.9 Å². The first-order valence-corrected chi connectivity index (χ1v) is 10.8. The van der Waals surface area contributed by atoms with Crippen LogP contribution < -0.4 is 10.9 Å². The highest BCUT2D eigenvalue weighted by Gasteiger charge is 2.58. The summed E-state index contributed by atoms with van der Waals surface area (Å²) in [4.78, 5) is 0. The van der Waals surface area contributed by atoms with E-state index >= 15 is 17.6 Å². The molecule has 0 spiro atoms. The summed E-state index contributed by atoms with van der Waals surface area (Å²) < 4.78 is 235. The second-order valence-electron chi connectivity index (χ2n) is 8.22. The molecule has 0 saturated carbocycles. The van der Waals surface area contributed by atoms with E-state index in [-0.39, 0.29) is 0 Å². The van der Waals surface area contributed by atoms with E-state index < -0.39 is 128 Å². The Labute approximate surface area is 227 Å². The Balaban J connectivity index is 2.28. The molecule has 0 aromatic heterocycles. The average Bonchev–Trinajstić information content (AvgIpc) is 2.99. The van der Waals surface area contributed by atoms with E-state index in [9.17, 15) is 48.3 Å². The zero-order chi connectivity index (χ0) is 32.5. The molecule has 1 aliphatic rings. The first-order valence-electron chi connectivity index (χ1n) is 10.8. The molecular formula is C23H6BF15O4. The van der Waals surface area contributed by atoms with Crippen LogP contribution in [0.5, 0.6) is 0 Å². The van der Waals surface area contributed by atoms with Crippen LogP contribution in [0.15, 0.2) is 5.95 Å². The van der Waals surface area contributed by atoms with Gasteiger partial charge in [-0.3, -0.25) is 0 Å². The topological polar surface area (TPSA) is 39.0 Å². The third kappa shape index (κ3) is 4.24. The van der Waals surface area contributed by atoms with Gasteiger partial charge in [0.15, 0.2) is 65.3 Å².